The third-order valence-corrected chi connectivity index (χ3v) is 4.82. The number of benzene rings is 2. The van der Waals surface area contributed by atoms with Gasteiger partial charge in [-0.1, -0.05) is 18.2 Å². The lowest BCUT2D eigenvalue weighted by molar-refractivity contribution is -0.117. The fraction of sp³-hybridized carbons (Fsp3) is 0.188. The van der Waals surface area contributed by atoms with Gasteiger partial charge in [0, 0.05) is 12.7 Å². The number of carbonyl (C=O) groups is 1. The molecule has 0 fully saturated rings. The molecule has 1 aliphatic heterocycles. The lowest BCUT2D eigenvalue weighted by Gasteiger charge is -2.14. The van der Waals surface area contributed by atoms with E-state index in [2.05, 4.69) is 15.9 Å². The van der Waals surface area contributed by atoms with E-state index in [1.807, 2.05) is 18.2 Å². The summed E-state index contributed by atoms with van der Waals surface area (Å²) in [6.07, 6.45) is 0.399. The van der Waals surface area contributed by atoms with Crippen molar-refractivity contribution in [2.75, 3.05) is 11.9 Å². The summed E-state index contributed by atoms with van der Waals surface area (Å²) in [5.41, 5.74) is 3.61. The Bertz CT molecular complexity index is 734. The van der Waals surface area contributed by atoms with Gasteiger partial charge in [0.2, 0.25) is 5.91 Å². The van der Waals surface area contributed by atoms with Gasteiger partial charge in [0.1, 0.15) is 5.82 Å². The van der Waals surface area contributed by atoms with Crippen LogP contribution in [0, 0.1) is 5.82 Å². The number of rotatable bonds is 2. The molecule has 1 heterocycles. The Hall–Kier alpha value is -1.39. The van der Waals surface area contributed by atoms with Crippen molar-refractivity contribution in [3.8, 4) is 0 Å². The van der Waals surface area contributed by atoms with Crippen LogP contribution in [0.25, 0.3) is 0 Å². The number of alkyl halides is 1. The highest BCUT2D eigenvalue weighted by atomic mass is 79.9. The Kier molecular flexibility index (Phi) is 3.76. The van der Waals surface area contributed by atoms with Crippen LogP contribution < -0.4 is 4.90 Å². The summed E-state index contributed by atoms with van der Waals surface area (Å²) >= 11 is 9.66. The van der Waals surface area contributed by atoms with Crippen molar-refractivity contribution in [1.82, 2.24) is 0 Å². The highest BCUT2D eigenvalue weighted by Gasteiger charge is 2.25. The number of amides is 1. The first-order chi connectivity index (χ1) is 9.97. The number of carbonyl (C=O) groups excluding carboxylic acids is 1. The van der Waals surface area contributed by atoms with Gasteiger partial charge in [-0.05, 0) is 50.8 Å². The predicted molar refractivity (Wildman–Crippen MR) is 85.4 cm³/mol. The highest BCUT2D eigenvalue weighted by Crippen LogP contribution is 2.35. The molecule has 21 heavy (non-hydrogen) atoms. The first-order valence-corrected chi connectivity index (χ1v) is 7.68. The van der Waals surface area contributed by atoms with Crippen LogP contribution in [0.15, 0.2) is 40.9 Å². The molecule has 2 aromatic carbocycles. The fourth-order valence-electron chi connectivity index (χ4n) is 2.51. The van der Waals surface area contributed by atoms with Crippen molar-refractivity contribution in [2.45, 2.75) is 11.8 Å². The van der Waals surface area contributed by atoms with Crippen LogP contribution in [-0.2, 0) is 11.2 Å². The topological polar surface area (TPSA) is 20.3 Å². The van der Waals surface area contributed by atoms with Gasteiger partial charge in [0.25, 0.3) is 0 Å². The zero-order valence-corrected chi connectivity index (χ0v) is 13.6. The number of anilines is 1. The molecule has 0 radical (unpaired) electrons. The van der Waals surface area contributed by atoms with Gasteiger partial charge < -0.3 is 4.90 Å². The number of fused-ring (bicyclic) bond motifs is 1. The zero-order chi connectivity index (χ0) is 15.1. The van der Waals surface area contributed by atoms with E-state index >= 15 is 0 Å². The lowest BCUT2D eigenvalue weighted by atomic mass is 10.0. The first kappa shape index (κ1) is 14.5. The number of hydrogen-bond acceptors (Lipinski definition) is 1. The van der Waals surface area contributed by atoms with Gasteiger partial charge in [-0.25, -0.2) is 4.39 Å². The molecule has 5 heteroatoms. The van der Waals surface area contributed by atoms with E-state index in [4.69, 9.17) is 11.6 Å². The van der Waals surface area contributed by atoms with Crippen LogP contribution in [0.4, 0.5) is 10.1 Å². The van der Waals surface area contributed by atoms with Crippen LogP contribution >= 0.6 is 27.5 Å². The molecule has 0 aromatic heterocycles. The molecule has 0 saturated heterocycles. The molecule has 2 aromatic rings. The monoisotopic (exact) mass is 367 g/mol. The molecule has 0 bridgehead atoms. The molecule has 3 rings (SSSR count). The molecule has 1 amide bonds. The van der Waals surface area contributed by atoms with Gasteiger partial charge in [0.05, 0.1) is 16.3 Å². The number of nitrogens with zero attached hydrogens (tertiary/aromatic N) is 1. The lowest BCUT2D eigenvalue weighted by Crippen LogP contribution is -2.20. The quantitative estimate of drug-likeness (QED) is 0.718. The van der Waals surface area contributed by atoms with Gasteiger partial charge in [-0.3, -0.25) is 4.79 Å². The van der Waals surface area contributed by atoms with Crippen molar-refractivity contribution in [3.05, 3.63) is 63.4 Å². The molecule has 2 nitrogen and oxygen atoms in total. The summed E-state index contributed by atoms with van der Waals surface area (Å²) in [5, 5.41) is -0.381. The first-order valence-electron chi connectivity index (χ1n) is 6.46. The second-order valence-electron chi connectivity index (χ2n) is 5.05. The molecule has 0 N–H and O–H groups in total. The predicted octanol–water partition coefficient (Wildman–Crippen LogP) is 4.44. The minimum absolute atomic E-state index is 0.0813. The van der Waals surface area contributed by atoms with Gasteiger partial charge in [-0.15, -0.1) is 11.6 Å². The maximum atomic E-state index is 13.3. The molecular formula is C16H12BrClFNO. The second-order valence-corrected chi connectivity index (χ2v) is 6.34. The highest BCUT2D eigenvalue weighted by molar-refractivity contribution is 9.10. The summed E-state index contributed by atoms with van der Waals surface area (Å²) in [7, 11) is 1.77. The molecule has 0 saturated carbocycles. The van der Waals surface area contributed by atoms with Gasteiger partial charge in [0.15, 0.2) is 0 Å². The van der Waals surface area contributed by atoms with E-state index in [-0.39, 0.29) is 17.1 Å². The van der Waals surface area contributed by atoms with E-state index in [1.165, 1.54) is 6.07 Å². The van der Waals surface area contributed by atoms with Crippen LogP contribution in [-0.4, -0.2) is 13.0 Å². The molecule has 1 aliphatic rings. The Morgan fingerprint density at radius 1 is 1.24 bits per heavy atom. The average Bonchev–Trinajstić information content (AvgIpc) is 2.76. The van der Waals surface area contributed by atoms with Crippen LogP contribution in [0.5, 0.6) is 0 Å². The summed E-state index contributed by atoms with van der Waals surface area (Å²) in [4.78, 5) is 13.4. The SMILES string of the molecule is CN1C(=O)Cc2cc(C(Cl)c3ccc(F)c(Br)c3)ccc21. The number of likely N-dealkylation sites (N-methyl/N-ethyl adjacent to an activating group) is 1. The number of hydrogen-bond donors (Lipinski definition) is 0. The molecule has 108 valence electrons. The summed E-state index contributed by atoms with van der Waals surface area (Å²) in [6, 6.07) is 10.5. The van der Waals surface area contributed by atoms with Crippen LogP contribution in [0.3, 0.4) is 0 Å². The van der Waals surface area contributed by atoms with E-state index in [0.29, 0.717) is 10.9 Å². The standard InChI is InChI=1S/C16H12BrClFNO/c1-20-14-5-3-9(6-11(14)8-15(20)21)16(18)10-2-4-13(19)12(17)7-10/h2-7,16H,8H2,1H3. The Balaban J connectivity index is 1.96. The van der Waals surface area contributed by atoms with Crippen LogP contribution in [0.2, 0.25) is 0 Å². The molecular weight excluding hydrogens is 357 g/mol. The number of halogens is 3. The summed E-state index contributed by atoms with van der Waals surface area (Å²) in [5.74, 6) is -0.235. The zero-order valence-electron chi connectivity index (χ0n) is 11.2. The maximum Gasteiger partial charge on any atom is 0.231 e. The summed E-state index contributed by atoms with van der Waals surface area (Å²) < 4.78 is 13.7. The van der Waals surface area contributed by atoms with Crippen LogP contribution in [0.1, 0.15) is 22.1 Å². The third-order valence-electron chi connectivity index (χ3n) is 3.71. The van der Waals surface area contributed by atoms with E-state index < -0.39 is 0 Å². The second kappa shape index (κ2) is 5.43. The van der Waals surface area contributed by atoms with Gasteiger partial charge >= 0.3 is 0 Å². The Labute approximate surface area is 135 Å². The third kappa shape index (κ3) is 2.58. The Morgan fingerprint density at radius 3 is 2.62 bits per heavy atom. The average molecular weight is 369 g/mol. The smallest absolute Gasteiger partial charge is 0.231 e. The van der Waals surface area contributed by atoms with Crippen molar-refractivity contribution in [1.29, 1.82) is 0 Å². The fourth-order valence-corrected chi connectivity index (χ4v) is 3.18. The van der Waals surface area contributed by atoms with Gasteiger partial charge in [-0.2, -0.15) is 0 Å². The van der Waals surface area contributed by atoms with Crippen molar-refractivity contribution >= 4 is 39.1 Å². The largest absolute Gasteiger partial charge is 0.315 e. The molecule has 0 aliphatic carbocycles. The van der Waals surface area contributed by atoms with E-state index in [9.17, 15) is 9.18 Å². The minimum atomic E-state index is -0.381. The molecule has 0 spiro atoms. The minimum Gasteiger partial charge on any atom is -0.315 e. The van der Waals surface area contributed by atoms with Crippen molar-refractivity contribution in [3.63, 3.8) is 0 Å². The molecule has 1 unspecified atom stereocenters. The van der Waals surface area contributed by atoms with E-state index in [0.717, 1.165) is 22.4 Å². The Morgan fingerprint density at radius 2 is 1.90 bits per heavy atom. The normalized spacial score (nSPS) is 15.2. The summed E-state index contributed by atoms with van der Waals surface area (Å²) in [6.45, 7) is 0. The van der Waals surface area contributed by atoms with E-state index in [1.54, 1.807) is 24.1 Å². The maximum absolute atomic E-state index is 13.3. The van der Waals surface area contributed by atoms with Crippen molar-refractivity contribution < 1.29 is 9.18 Å². The molecule has 1 atom stereocenters. The van der Waals surface area contributed by atoms with Crippen molar-refractivity contribution in [2.24, 2.45) is 0 Å².